The molecular weight excluding hydrogens is 414 g/mol. The van der Waals surface area contributed by atoms with Gasteiger partial charge in [-0.3, -0.25) is 9.59 Å². The number of carbonyl (C=O) groups is 2. The molecule has 0 aliphatic heterocycles. The summed E-state index contributed by atoms with van der Waals surface area (Å²) in [6, 6.07) is 23.1. The number of rotatable bonds is 8. The lowest BCUT2D eigenvalue weighted by Gasteiger charge is -2.14. The van der Waals surface area contributed by atoms with Gasteiger partial charge >= 0.3 is 5.97 Å². The number of hydrogen-bond acceptors (Lipinski definition) is 4. The van der Waals surface area contributed by atoms with E-state index in [4.69, 9.17) is 5.11 Å². The van der Waals surface area contributed by atoms with Crippen LogP contribution in [0, 0.1) is 0 Å². The van der Waals surface area contributed by atoms with E-state index < -0.39 is 21.6 Å². The van der Waals surface area contributed by atoms with Gasteiger partial charge < -0.3 is 10.4 Å². The van der Waals surface area contributed by atoms with Crippen LogP contribution in [-0.4, -0.2) is 31.2 Å². The standard InChI is InChI=1S/C24H23NO5S/c1-17(19-7-3-2-4-8-19)25-23(26)15-18-6-5-9-21(14-18)20-10-12-22(13-11-20)31(29,30)16-24(27)28/h2-14,17H,15-16H2,1H3,(H,25,26)(H,27,28)/t17-/m0/s1. The minimum atomic E-state index is -3.87. The maximum atomic E-state index is 12.5. The van der Waals surface area contributed by atoms with E-state index in [1.807, 2.05) is 61.5 Å². The Morgan fingerprint density at radius 1 is 0.903 bits per heavy atom. The molecule has 0 bridgehead atoms. The predicted molar refractivity (Wildman–Crippen MR) is 118 cm³/mol. The Labute approximate surface area is 181 Å². The Bertz CT molecular complexity index is 1170. The van der Waals surface area contributed by atoms with Crippen molar-refractivity contribution in [3.63, 3.8) is 0 Å². The molecule has 31 heavy (non-hydrogen) atoms. The van der Waals surface area contributed by atoms with Gasteiger partial charge in [0, 0.05) is 0 Å². The fraction of sp³-hybridized carbons (Fsp3) is 0.167. The molecule has 0 unspecified atom stereocenters. The maximum absolute atomic E-state index is 12.5. The zero-order chi connectivity index (χ0) is 22.4. The second kappa shape index (κ2) is 9.57. The van der Waals surface area contributed by atoms with Gasteiger partial charge in [0.2, 0.25) is 5.91 Å². The van der Waals surface area contributed by atoms with Crippen molar-refractivity contribution >= 4 is 21.7 Å². The number of benzene rings is 3. The van der Waals surface area contributed by atoms with Gasteiger partial charge in [-0.2, -0.15) is 0 Å². The van der Waals surface area contributed by atoms with Crippen molar-refractivity contribution in [3.8, 4) is 11.1 Å². The first-order chi connectivity index (χ1) is 14.7. The summed E-state index contributed by atoms with van der Waals surface area (Å²) in [4.78, 5) is 23.2. The molecule has 2 N–H and O–H groups in total. The van der Waals surface area contributed by atoms with E-state index >= 15 is 0 Å². The Balaban J connectivity index is 1.70. The minimum Gasteiger partial charge on any atom is -0.480 e. The Morgan fingerprint density at radius 3 is 2.23 bits per heavy atom. The van der Waals surface area contributed by atoms with Crippen LogP contribution in [0.5, 0.6) is 0 Å². The van der Waals surface area contributed by atoms with Crippen LogP contribution >= 0.6 is 0 Å². The molecule has 0 aliphatic rings. The topological polar surface area (TPSA) is 101 Å². The summed E-state index contributed by atoms with van der Waals surface area (Å²) in [5.74, 6) is -2.43. The van der Waals surface area contributed by atoms with Gasteiger partial charge in [-0.25, -0.2) is 8.42 Å². The highest BCUT2D eigenvalue weighted by atomic mass is 32.2. The van der Waals surface area contributed by atoms with E-state index in [-0.39, 0.29) is 23.3 Å². The molecule has 0 heterocycles. The predicted octanol–water partition coefficient (Wildman–Crippen LogP) is 3.63. The van der Waals surface area contributed by atoms with Crippen molar-refractivity contribution in [2.45, 2.75) is 24.3 Å². The highest BCUT2D eigenvalue weighted by Gasteiger charge is 2.18. The van der Waals surface area contributed by atoms with Crippen molar-refractivity contribution in [2.75, 3.05) is 5.75 Å². The molecule has 0 spiro atoms. The van der Waals surface area contributed by atoms with Crippen LogP contribution in [0.2, 0.25) is 0 Å². The molecule has 160 valence electrons. The largest absolute Gasteiger partial charge is 0.480 e. The van der Waals surface area contributed by atoms with Crippen molar-refractivity contribution in [1.82, 2.24) is 5.32 Å². The molecular formula is C24H23NO5S. The number of aliphatic carboxylic acids is 1. The monoisotopic (exact) mass is 437 g/mol. The van der Waals surface area contributed by atoms with Crippen molar-refractivity contribution < 1.29 is 23.1 Å². The van der Waals surface area contributed by atoms with Crippen LogP contribution in [0.15, 0.2) is 83.8 Å². The fourth-order valence-corrected chi connectivity index (χ4v) is 4.31. The van der Waals surface area contributed by atoms with Crippen LogP contribution in [0.1, 0.15) is 24.1 Å². The van der Waals surface area contributed by atoms with Crippen molar-refractivity contribution in [3.05, 3.63) is 90.0 Å². The Kier molecular flexibility index (Phi) is 6.87. The highest BCUT2D eigenvalue weighted by Crippen LogP contribution is 2.23. The number of nitrogens with one attached hydrogen (secondary N) is 1. The van der Waals surface area contributed by atoms with Crippen molar-refractivity contribution in [1.29, 1.82) is 0 Å². The number of sulfone groups is 1. The zero-order valence-corrected chi connectivity index (χ0v) is 17.8. The molecule has 3 aromatic carbocycles. The highest BCUT2D eigenvalue weighted by molar-refractivity contribution is 7.92. The fourth-order valence-electron chi connectivity index (χ4n) is 3.26. The van der Waals surface area contributed by atoms with Gasteiger partial charge in [0.15, 0.2) is 15.6 Å². The van der Waals surface area contributed by atoms with Gasteiger partial charge in [0.25, 0.3) is 0 Å². The number of carboxylic acid groups (broad SMARTS) is 1. The second-order valence-corrected chi connectivity index (χ2v) is 9.24. The molecule has 7 heteroatoms. The smallest absolute Gasteiger partial charge is 0.319 e. The normalized spacial score (nSPS) is 12.2. The maximum Gasteiger partial charge on any atom is 0.319 e. The number of carbonyl (C=O) groups excluding carboxylic acids is 1. The van der Waals surface area contributed by atoms with Gasteiger partial charge in [0.1, 0.15) is 0 Å². The zero-order valence-electron chi connectivity index (χ0n) is 17.0. The Hall–Kier alpha value is -3.45. The summed E-state index contributed by atoms with van der Waals surface area (Å²) in [6.45, 7) is 1.93. The summed E-state index contributed by atoms with van der Waals surface area (Å²) in [5, 5.41) is 11.7. The van der Waals surface area contributed by atoms with E-state index in [1.54, 1.807) is 12.1 Å². The summed E-state index contributed by atoms with van der Waals surface area (Å²) in [7, 11) is -3.87. The van der Waals surface area contributed by atoms with Gasteiger partial charge in [-0.05, 0) is 41.3 Å². The number of hydrogen-bond donors (Lipinski definition) is 2. The van der Waals surface area contributed by atoms with Gasteiger partial charge in [-0.1, -0.05) is 66.7 Å². The summed E-state index contributed by atoms with van der Waals surface area (Å²) < 4.78 is 24.1. The van der Waals surface area contributed by atoms with Gasteiger partial charge in [0.05, 0.1) is 17.4 Å². The lowest BCUT2D eigenvalue weighted by molar-refractivity contribution is -0.134. The van der Waals surface area contributed by atoms with E-state index in [0.29, 0.717) is 0 Å². The first-order valence-corrected chi connectivity index (χ1v) is 11.4. The third-order valence-corrected chi connectivity index (χ3v) is 6.45. The van der Waals surface area contributed by atoms with Crippen molar-refractivity contribution in [2.24, 2.45) is 0 Å². The van der Waals surface area contributed by atoms with E-state index in [2.05, 4.69) is 5.32 Å². The molecule has 0 aliphatic carbocycles. The average molecular weight is 438 g/mol. The van der Waals surface area contributed by atoms with Crippen LogP contribution in [0.4, 0.5) is 0 Å². The molecule has 3 aromatic rings. The Morgan fingerprint density at radius 2 is 1.58 bits per heavy atom. The average Bonchev–Trinajstić information content (AvgIpc) is 2.73. The molecule has 0 aromatic heterocycles. The lowest BCUT2D eigenvalue weighted by Crippen LogP contribution is -2.28. The van der Waals surface area contributed by atoms with Crippen LogP contribution in [0.25, 0.3) is 11.1 Å². The third-order valence-electron chi connectivity index (χ3n) is 4.83. The molecule has 0 radical (unpaired) electrons. The summed E-state index contributed by atoms with van der Waals surface area (Å²) >= 11 is 0. The molecule has 3 rings (SSSR count). The van der Waals surface area contributed by atoms with Crippen LogP contribution < -0.4 is 5.32 Å². The minimum absolute atomic E-state index is 0.0379. The third kappa shape index (κ3) is 6.02. The molecule has 1 atom stereocenters. The SMILES string of the molecule is C[C@H](NC(=O)Cc1cccc(-c2ccc(S(=O)(=O)CC(=O)O)cc2)c1)c1ccccc1. The molecule has 0 fully saturated rings. The van der Waals surface area contributed by atoms with E-state index in [1.165, 1.54) is 12.1 Å². The first kappa shape index (κ1) is 22.2. The molecule has 1 amide bonds. The second-order valence-electron chi connectivity index (χ2n) is 7.25. The lowest BCUT2D eigenvalue weighted by atomic mass is 10.0. The van der Waals surface area contributed by atoms with Crippen LogP contribution in [0.3, 0.4) is 0 Å². The summed E-state index contributed by atoms with van der Waals surface area (Å²) in [5.41, 5.74) is 3.47. The number of amides is 1. The molecule has 6 nitrogen and oxygen atoms in total. The van der Waals surface area contributed by atoms with E-state index in [0.717, 1.165) is 22.3 Å². The van der Waals surface area contributed by atoms with Gasteiger partial charge in [-0.15, -0.1) is 0 Å². The number of carboxylic acids is 1. The van der Waals surface area contributed by atoms with Crippen LogP contribution in [-0.2, 0) is 25.8 Å². The quantitative estimate of drug-likeness (QED) is 0.560. The first-order valence-electron chi connectivity index (χ1n) is 9.73. The summed E-state index contributed by atoms with van der Waals surface area (Å²) in [6.07, 6.45) is 0.218. The molecule has 0 saturated heterocycles. The molecule has 0 saturated carbocycles. The van der Waals surface area contributed by atoms with E-state index in [9.17, 15) is 18.0 Å².